The van der Waals surface area contributed by atoms with Gasteiger partial charge in [0.15, 0.2) is 11.5 Å². The first-order valence-corrected chi connectivity index (χ1v) is 10.3. The largest absolute Gasteiger partial charge is 0.448 e. The number of ether oxygens (including phenoxy) is 2. The van der Waals surface area contributed by atoms with Crippen LogP contribution in [0.1, 0.15) is 43.2 Å². The van der Waals surface area contributed by atoms with Gasteiger partial charge in [0.25, 0.3) is 5.79 Å². The Balaban J connectivity index is 1.32. The smallest absolute Gasteiger partial charge is 0.319 e. The zero-order chi connectivity index (χ0) is 20.3. The van der Waals surface area contributed by atoms with E-state index < -0.39 is 5.79 Å². The average molecular weight is 396 g/mol. The van der Waals surface area contributed by atoms with Crippen molar-refractivity contribution in [3.8, 4) is 11.5 Å². The standard InChI is InChI=1S/C23H29N3O3/c1-26(2)16-18-8-6-7-17(13-18)15-24-22(27)25-19-9-10-20-21(14-19)29-23(28-20)11-4-3-5-12-23/h6-10,13-14H,3-5,11-12,15-16H2,1-2H3,(H2,24,25,27). The van der Waals surface area contributed by atoms with Gasteiger partial charge in [-0.1, -0.05) is 30.7 Å². The lowest BCUT2D eigenvalue weighted by Gasteiger charge is -2.31. The molecule has 2 aromatic rings. The van der Waals surface area contributed by atoms with Crippen molar-refractivity contribution in [1.82, 2.24) is 10.2 Å². The number of fused-ring (bicyclic) bond motifs is 1. The van der Waals surface area contributed by atoms with Crippen LogP contribution >= 0.6 is 0 Å². The minimum absolute atomic E-state index is 0.241. The fourth-order valence-electron chi connectivity index (χ4n) is 4.03. The van der Waals surface area contributed by atoms with Crippen molar-refractivity contribution in [2.75, 3.05) is 19.4 Å². The lowest BCUT2D eigenvalue weighted by atomic mass is 9.94. The van der Waals surface area contributed by atoms with E-state index >= 15 is 0 Å². The first-order chi connectivity index (χ1) is 14.0. The molecule has 4 rings (SSSR count). The molecule has 154 valence electrons. The van der Waals surface area contributed by atoms with Crippen molar-refractivity contribution >= 4 is 11.7 Å². The predicted molar refractivity (Wildman–Crippen MR) is 113 cm³/mol. The molecule has 1 spiro atoms. The molecule has 2 amide bonds. The van der Waals surface area contributed by atoms with Gasteiger partial charge >= 0.3 is 6.03 Å². The maximum atomic E-state index is 12.3. The average Bonchev–Trinajstić information content (AvgIpc) is 3.03. The van der Waals surface area contributed by atoms with Gasteiger partial charge in [-0.05, 0) is 50.2 Å². The topological polar surface area (TPSA) is 62.8 Å². The van der Waals surface area contributed by atoms with Gasteiger partial charge in [0.1, 0.15) is 0 Å². The summed E-state index contributed by atoms with van der Waals surface area (Å²) in [4.78, 5) is 14.5. The van der Waals surface area contributed by atoms with E-state index in [9.17, 15) is 4.79 Å². The maximum Gasteiger partial charge on any atom is 0.319 e. The number of anilines is 1. The number of hydrogen-bond donors (Lipinski definition) is 2. The Labute approximate surface area is 172 Å². The van der Waals surface area contributed by atoms with Gasteiger partial charge in [0.2, 0.25) is 0 Å². The summed E-state index contributed by atoms with van der Waals surface area (Å²) in [5.41, 5.74) is 2.99. The van der Waals surface area contributed by atoms with Gasteiger partial charge in [-0.3, -0.25) is 0 Å². The molecule has 1 aliphatic carbocycles. The fraction of sp³-hybridized carbons (Fsp3) is 0.435. The van der Waals surface area contributed by atoms with Crippen LogP contribution < -0.4 is 20.1 Å². The second kappa shape index (κ2) is 8.33. The van der Waals surface area contributed by atoms with Crippen molar-refractivity contribution in [3.05, 3.63) is 53.6 Å². The third kappa shape index (κ3) is 4.82. The van der Waals surface area contributed by atoms with E-state index in [1.54, 1.807) is 0 Å². The first kappa shape index (κ1) is 19.6. The molecule has 0 radical (unpaired) electrons. The van der Waals surface area contributed by atoms with Gasteiger partial charge in [-0.25, -0.2) is 4.79 Å². The van der Waals surface area contributed by atoms with E-state index in [-0.39, 0.29) is 6.03 Å². The number of amides is 2. The SMILES string of the molecule is CN(C)Cc1cccc(CNC(=O)Nc2ccc3c(c2)OC2(CCCCC2)O3)c1. The molecule has 1 aliphatic heterocycles. The molecule has 6 nitrogen and oxygen atoms in total. The van der Waals surface area contributed by atoms with Crippen LogP contribution in [0.2, 0.25) is 0 Å². The van der Waals surface area contributed by atoms with Crippen molar-refractivity contribution in [2.24, 2.45) is 0 Å². The molecular formula is C23H29N3O3. The number of hydrogen-bond acceptors (Lipinski definition) is 4. The van der Waals surface area contributed by atoms with Crippen LogP contribution in [0.25, 0.3) is 0 Å². The van der Waals surface area contributed by atoms with Gasteiger partial charge < -0.3 is 25.0 Å². The van der Waals surface area contributed by atoms with Gasteiger partial charge in [0, 0.05) is 37.7 Å². The quantitative estimate of drug-likeness (QED) is 0.782. The van der Waals surface area contributed by atoms with Crippen LogP contribution in [-0.2, 0) is 13.1 Å². The summed E-state index contributed by atoms with van der Waals surface area (Å²) in [6.45, 7) is 1.35. The Morgan fingerprint density at radius 2 is 1.76 bits per heavy atom. The number of rotatable bonds is 5. The zero-order valence-corrected chi connectivity index (χ0v) is 17.2. The highest BCUT2D eigenvalue weighted by atomic mass is 16.7. The van der Waals surface area contributed by atoms with Crippen molar-refractivity contribution in [2.45, 2.75) is 51.0 Å². The van der Waals surface area contributed by atoms with Crippen LogP contribution in [-0.4, -0.2) is 30.8 Å². The summed E-state index contributed by atoms with van der Waals surface area (Å²) in [7, 11) is 4.08. The van der Waals surface area contributed by atoms with Crippen LogP contribution in [0.5, 0.6) is 11.5 Å². The second-order valence-corrected chi connectivity index (χ2v) is 8.20. The van der Waals surface area contributed by atoms with E-state index in [0.29, 0.717) is 18.0 Å². The maximum absolute atomic E-state index is 12.3. The van der Waals surface area contributed by atoms with Gasteiger partial charge in [0.05, 0.1) is 0 Å². The minimum Gasteiger partial charge on any atom is -0.448 e. The van der Waals surface area contributed by atoms with E-state index in [0.717, 1.165) is 43.5 Å². The van der Waals surface area contributed by atoms with Crippen LogP contribution in [0.3, 0.4) is 0 Å². The van der Waals surface area contributed by atoms with E-state index in [1.165, 1.54) is 12.0 Å². The number of nitrogens with zero attached hydrogens (tertiary/aromatic N) is 1. The molecular weight excluding hydrogens is 366 g/mol. The Kier molecular flexibility index (Phi) is 5.62. The molecule has 1 saturated carbocycles. The second-order valence-electron chi connectivity index (χ2n) is 8.20. The Hall–Kier alpha value is -2.73. The van der Waals surface area contributed by atoms with E-state index in [2.05, 4.69) is 27.7 Å². The van der Waals surface area contributed by atoms with Crippen molar-refractivity contribution in [1.29, 1.82) is 0 Å². The number of benzene rings is 2. The molecule has 0 atom stereocenters. The monoisotopic (exact) mass is 395 g/mol. The Morgan fingerprint density at radius 1 is 1.00 bits per heavy atom. The van der Waals surface area contributed by atoms with Gasteiger partial charge in [-0.2, -0.15) is 0 Å². The highest BCUT2D eigenvalue weighted by Crippen LogP contribution is 2.46. The summed E-state index contributed by atoms with van der Waals surface area (Å²) in [5.74, 6) is 0.968. The van der Waals surface area contributed by atoms with Crippen LogP contribution in [0.4, 0.5) is 10.5 Å². The molecule has 2 aliphatic rings. The summed E-state index contributed by atoms with van der Waals surface area (Å²) in [6.07, 6.45) is 5.31. The molecule has 0 unspecified atom stereocenters. The lowest BCUT2D eigenvalue weighted by molar-refractivity contribution is -0.105. The molecule has 6 heteroatoms. The van der Waals surface area contributed by atoms with E-state index in [1.807, 2.05) is 44.4 Å². The normalized spacial score (nSPS) is 16.8. The molecule has 0 aromatic heterocycles. The molecule has 1 fully saturated rings. The molecule has 1 heterocycles. The highest BCUT2D eigenvalue weighted by molar-refractivity contribution is 5.89. The van der Waals surface area contributed by atoms with Crippen LogP contribution in [0.15, 0.2) is 42.5 Å². The van der Waals surface area contributed by atoms with E-state index in [4.69, 9.17) is 9.47 Å². The Morgan fingerprint density at radius 3 is 2.55 bits per heavy atom. The molecule has 29 heavy (non-hydrogen) atoms. The molecule has 0 bridgehead atoms. The fourth-order valence-corrected chi connectivity index (χ4v) is 4.03. The molecule has 2 aromatic carbocycles. The summed E-state index contributed by atoms with van der Waals surface area (Å²) in [6, 6.07) is 13.6. The summed E-state index contributed by atoms with van der Waals surface area (Å²) < 4.78 is 12.2. The number of carbonyl (C=O) groups excluding carboxylic acids is 1. The first-order valence-electron chi connectivity index (χ1n) is 10.3. The number of nitrogens with one attached hydrogen (secondary N) is 2. The summed E-state index contributed by atoms with van der Waals surface area (Å²) >= 11 is 0. The number of carbonyl (C=O) groups is 1. The third-order valence-electron chi connectivity index (χ3n) is 5.35. The summed E-state index contributed by atoms with van der Waals surface area (Å²) in [5, 5.41) is 5.80. The van der Waals surface area contributed by atoms with Crippen LogP contribution in [0, 0.1) is 0 Å². The van der Waals surface area contributed by atoms with Gasteiger partial charge in [-0.15, -0.1) is 0 Å². The number of urea groups is 1. The zero-order valence-electron chi connectivity index (χ0n) is 17.2. The third-order valence-corrected chi connectivity index (χ3v) is 5.35. The minimum atomic E-state index is -0.501. The molecule has 0 saturated heterocycles. The van der Waals surface area contributed by atoms with Crippen molar-refractivity contribution < 1.29 is 14.3 Å². The van der Waals surface area contributed by atoms with Crippen molar-refractivity contribution in [3.63, 3.8) is 0 Å². The highest BCUT2D eigenvalue weighted by Gasteiger charge is 2.42. The predicted octanol–water partition coefficient (Wildman–Crippen LogP) is 4.50. The lowest BCUT2D eigenvalue weighted by Crippen LogP contribution is -2.40. The Bertz CT molecular complexity index is 875. The molecule has 2 N–H and O–H groups in total.